The Hall–Kier alpha value is -3.03. The molecule has 0 aliphatic rings. The van der Waals surface area contributed by atoms with E-state index < -0.39 is 30.2 Å². The van der Waals surface area contributed by atoms with Crippen LogP contribution in [0, 0.1) is 0 Å². The van der Waals surface area contributed by atoms with E-state index in [0.29, 0.717) is 16.1 Å². The second kappa shape index (κ2) is 9.22. The van der Waals surface area contributed by atoms with Crippen LogP contribution in [-0.4, -0.2) is 38.4 Å². The third-order valence-electron chi connectivity index (χ3n) is 5.14. The molecule has 0 amide bonds. The van der Waals surface area contributed by atoms with Crippen LogP contribution in [0.2, 0.25) is 10.0 Å². The topological polar surface area (TPSA) is 103 Å². The molecular formula is C24H18Cl2N2O4. The molecule has 3 N–H and O–H groups in total. The number of nitrogens with one attached hydrogen (secondary N) is 1. The van der Waals surface area contributed by atoms with Gasteiger partial charge < -0.3 is 15.2 Å². The van der Waals surface area contributed by atoms with E-state index in [-0.39, 0.29) is 27.5 Å². The van der Waals surface area contributed by atoms with Crippen LogP contribution in [0.4, 0.5) is 0 Å². The van der Waals surface area contributed by atoms with E-state index in [4.69, 9.17) is 23.2 Å². The molecule has 3 aromatic carbocycles. The van der Waals surface area contributed by atoms with Crippen molar-refractivity contribution in [3.8, 4) is 0 Å². The molecule has 2 atom stereocenters. The molecule has 8 heteroatoms. The van der Waals surface area contributed by atoms with E-state index >= 15 is 0 Å². The van der Waals surface area contributed by atoms with Gasteiger partial charge in [-0.05, 0) is 30.3 Å². The largest absolute Gasteiger partial charge is 0.393 e. The molecular weight excluding hydrogens is 451 g/mol. The van der Waals surface area contributed by atoms with Crippen molar-refractivity contribution in [3.05, 3.63) is 99.3 Å². The first-order valence-corrected chi connectivity index (χ1v) is 10.5. The number of halogens is 2. The third-order valence-corrected chi connectivity index (χ3v) is 5.80. The number of fused-ring (bicyclic) bond motifs is 1. The summed E-state index contributed by atoms with van der Waals surface area (Å²) in [6.45, 7) is -0.564. The Morgan fingerprint density at radius 1 is 0.969 bits per heavy atom. The zero-order chi connectivity index (χ0) is 22.8. The molecule has 162 valence electrons. The fraction of sp³-hybridized carbons (Fsp3) is 0.125. The number of H-pyrrole nitrogens is 1. The lowest BCUT2D eigenvalue weighted by Gasteiger charge is -2.17. The van der Waals surface area contributed by atoms with Crippen molar-refractivity contribution in [2.45, 2.75) is 12.0 Å². The van der Waals surface area contributed by atoms with Gasteiger partial charge in [-0.3, -0.25) is 9.59 Å². The van der Waals surface area contributed by atoms with Crippen LogP contribution < -0.4 is 0 Å². The second-order valence-corrected chi connectivity index (χ2v) is 8.03. The standard InChI is InChI=1S/C24H18Cl2N2O4/c25-14-6-3-5-13(11-14)22(31)20(24-27-17-9-1-2-10-18(17)28-24)23(32)16-8-4-7-15(21(16)26)19(30)12-29/h1-11,19-20,29-30H,12H2,(H,27,28). The van der Waals surface area contributed by atoms with E-state index in [2.05, 4.69) is 9.97 Å². The van der Waals surface area contributed by atoms with Gasteiger partial charge in [0, 0.05) is 21.7 Å². The van der Waals surface area contributed by atoms with E-state index in [1.165, 1.54) is 24.3 Å². The summed E-state index contributed by atoms with van der Waals surface area (Å²) in [6.07, 6.45) is -1.26. The predicted octanol–water partition coefficient (Wildman–Crippen LogP) is 4.74. The van der Waals surface area contributed by atoms with E-state index in [0.717, 1.165) is 0 Å². The Morgan fingerprint density at radius 3 is 2.44 bits per heavy atom. The Balaban J connectivity index is 1.86. The van der Waals surface area contributed by atoms with Gasteiger partial charge in [0.05, 0.1) is 22.7 Å². The minimum atomic E-state index is -1.32. The number of ketones is 2. The van der Waals surface area contributed by atoms with Gasteiger partial charge in [-0.1, -0.05) is 59.6 Å². The van der Waals surface area contributed by atoms with Gasteiger partial charge in [-0.15, -0.1) is 0 Å². The van der Waals surface area contributed by atoms with Gasteiger partial charge in [0.25, 0.3) is 0 Å². The number of benzene rings is 3. The van der Waals surface area contributed by atoms with Crippen molar-refractivity contribution in [3.63, 3.8) is 0 Å². The molecule has 0 fully saturated rings. The normalized spacial score (nSPS) is 13.1. The number of carbonyl (C=O) groups excluding carboxylic acids is 2. The molecule has 0 aliphatic heterocycles. The highest BCUT2D eigenvalue weighted by atomic mass is 35.5. The monoisotopic (exact) mass is 468 g/mol. The predicted molar refractivity (Wildman–Crippen MR) is 122 cm³/mol. The minimum absolute atomic E-state index is 0.0287. The molecule has 4 rings (SSSR count). The van der Waals surface area contributed by atoms with Crippen molar-refractivity contribution < 1.29 is 19.8 Å². The highest BCUT2D eigenvalue weighted by Gasteiger charge is 2.34. The molecule has 0 saturated carbocycles. The fourth-order valence-electron chi connectivity index (χ4n) is 3.54. The summed E-state index contributed by atoms with van der Waals surface area (Å²) >= 11 is 12.5. The van der Waals surface area contributed by atoms with E-state index in [1.54, 1.807) is 36.4 Å². The molecule has 2 unspecified atom stereocenters. The Morgan fingerprint density at radius 2 is 1.72 bits per heavy atom. The number of hydrogen-bond acceptors (Lipinski definition) is 5. The Labute approximate surface area is 193 Å². The number of aromatic nitrogens is 2. The van der Waals surface area contributed by atoms with Crippen molar-refractivity contribution >= 4 is 45.8 Å². The first-order valence-electron chi connectivity index (χ1n) is 9.76. The summed E-state index contributed by atoms with van der Waals surface area (Å²) in [5.74, 6) is -2.24. The first-order chi connectivity index (χ1) is 15.4. The average molecular weight is 469 g/mol. The van der Waals surface area contributed by atoms with Crippen LogP contribution in [0.15, 0.2) is 66.7 Å². The number of Topliss-reactive ketones (excluding diaryl/α,β-unsaturated/α-hetero) is 2. The van der Waals surface area contributed by atoms with Gasteiger partial charge >= 0.3 is 0 Å². The molecule has 0 aliphatic carbocycles. The van der Waals surface area contributed by atoms with Gasteiger partial charge in [0.1, 0.15) is 17.8 Å². The van der Waals surface area contributed by atoms with Crippen LogP contribution in [0.1, 0.15) is 44.1 Å². The smallest absolute Gasteiger partial charge is 0.182 e. The van der Waals surface area contributed by atoms with Gasteiger partial charge in [0.2, 0.25) is 0 Å². The molecule has 0 saturated heterocycles. The molecule has 0 spiro atoms. The van der Waals surface area contributed by atoms with Crippen LogP contribution in [0.25, 0.3) is 11.0 Å². The summed E-state index contributed by atoms with van der Waals surface area (Å²) in [5.41, 5.74) is 1.76. The molecule has 1 heterocycles. The Bertz CT molecular complexity index is 1290. The SMILES string of the molecule is O=C(c1cccc(Cl)c1)C(C(=O)c1cccc(C(O)CO)c1Cl)c1nc2ccccc2[nH]1. The zero-order valence-corrected chi connectivity index (χ0v) is 18.1. The quantitative estimate of drug-likeness (QED) is 0.268. The zero-order valence-electron chi connectivity index (χ0n) is 16.6. The molecule has 4 aromatic rings. The summed E-state index contributed by atoms with van der Waals surface area (Å²) in [4.78, 5) is 34.7. The van der Waals surface area contributed by atoms with Crippen LogP contribution in [-0.2, 0) is 0 Å². The summed E-state index contributed by atoms with van der Waals surface area (Å²) in [6, 6.07) is 18.0. The lowest BCUT2D eigenvalue weighted by Crippen LogP contribution is -2.24. The molecule has 0 bridgehead atoms. The summed E-state index contributed by atoms with van der Waals surface area (Å²) < 4.78 is 0. The van der Waals surface area contributed by atoms with Crippen molar-refractivity contribution in [2.24, 2.45) is 0 Å². The molecule has 6 nitrogen and oxygen atoms in total. The number of aliphatic hydroxyl groups excluding tert-OH is 2. The van der Waals surface area contributed by atoms with Gasteiger partial charge in [0.15, 0.2) is 11.6 Å². The average Bonchev–Trinajstić information content (AvgIpc) is 3.22. The van der Waals surface area contributed by atoms with Gasteiger partial charge in [-0.2, -0.15) is 0 Å². The Kier molecular flexibility index (Phi) is 6.39. The number of hydrogen-bond donors (Lipinski definition) is 3. The van der Waals surface area contributed by atoms with Crippen molar-refractivity contribution in [2.75, 3.05) is 6.61 Å². The second-order valence-electron chi connectivity index (χ2n) is 7.22. The van der Waals surface area contributed by atoms with Crippen LogP contribution >= 0.6 is 23.2 Å². The lowest BCUT2D eigenvalue weighted by molar-refractivity contribution is 0.0854. The molecule has 0 radical (unpaired) electrons. The van der Waals surface area contributed by atoms with Crippen LogP contribution in [0.3, 0.4) is 0 Å². The number of aliphatic hydroxyl groups is 2. The number of imidazole rings is 1. The highest BCUT2D eigenvalue weighted by molar-refractivity contribution is 6.36. The number of aromatic amines is 1. The van der Waals surface area contributed by atoms with Crippen molar-refractivity contribution in [1.29, 1.82) is 0 Å². The number of rotatable bonds is 7. The lowest BCUT2D eigenvalue weighted by atomic mass is 9.88. The number of carbonyl (C=O) groups is 2. The fourth-order valence-corrected chi connectivity index (χ4v) is 4.07. The molecule has 32 heavy (non-hydrogen) atoms. The molecule has 1 aromatic heterocycles. The van der Waals surface area contributed by atoms with Crippen LogP contribution in [0.5, 0.6) is 0 Å². The maximum Gasteiger partial charge on any atom is 0.182 e. The number of nitrogens with zero attached hydrogens (tertiary/aromatic N) is 1. The van der Waals surface area contributed by atoms with E-state index in [1.807, 2.05) is 6.07 Å². The van der Waals surface area contributed by atoms with Gasteiger partial charge in [-0.25, -0.2) is 4.98 Å². The summed E-state index contributed by atoms with van der Waals surface area (Å²) in [7, 11) is 0. The summed E-state index contributed by atoms with van der Waals surface area (Å²) in [5, 5.41) is 19.7. The minimum Gasteiger partial charge on any atom is -0.393 e. The third kappa shape index (κ3) is 4.18. The number of para-hydroxylation sites is 2. The highest BCUT2D eigenvalue weighted by Crippen LogP contribution is 2.32. The maximum absolute atomic E-state index is 13.7. The van der Waals surface area contributed by atoms with Crippen molar-refractivity contribution in [1.82, 2.24) is 9.97 Å². The first kappa shape index (κ1) is 22.2. The van der Waals surface area contributed by atoms with E-state index in [9.17, 15) is 19.8 Å². The maximum atomic E-state index is 13.7.